The summed E-state index contributed by atoms with van der Waals surface area (Å²) in [4.78, 5) is 11.6. The van der Waals surface area contributed by atoms with Crippen molar-refractivity contribution in [3.05, 3.63) is 29.3 Å². The number of anilines is 1. The molecule has 0 atom stereocenters. The average molecular weight is 239 g/mol. The first-order chi connectivity index (χ1) is 8.15. The number of aryl methyl sites for hydroxylation is 1. The SMILES string of the molecule is Cc1cc(N)ccc1C(=O)OCCOCCO. The Hall–Kier alpha value is -1.59. The molecule has 0 heterocycles. The van der Waals surface area contributed by atoms with Gasteiger partial charge in [-0.25, -0.2) is 4.79 Å². The molecule has 0 aliphatic heterocycles. The number of rotatable bonds is 6. The van der Waals surface area contributed by atoms with Crippen LogP contribution < -0.4 is 5.73 Å². The van der Waals surface area contributed by atoms with Crippen molar-refractivity contribution < 1.29 is 19.4 Å². The van der Waals surface area contributed by atoms with Gasteiger partial charge in [0.2, 0.25) is 0 Å². The highest BCUT2D eigenvalue weighted by Crippen LogP contribution is 2.13. The molecule has 1 aromatic rings. The van der Waals surface area contributed by atoms with Gasteiger partial charge in [-0.1, -0.05) is 0 Å². The van der Waals surface area contributed by atoms with E-state index in [2.05, 4.69) is 0 Å². The topological polar surface area (TPSA) is 81.8 Å². The zero-order chi connectivity index (χ0) is 12.7. The van der Waals surface area contributed by atoms with Gasteiger partial charge in [0.05, 0.1) is 25.4 Å². The lowest BCUT2D eigenvalue weighted by Gasteiger charge is -2.07. The number of hydrogen-bond acceptors (Lipinski definition) is 5. The van der Waals surface area contributed by atoms with Crippen molar-refractivity contribution >= 4 is 11.7 Å². The molecule has 0 aliphatic carbocycles. The van der Waals surface area contributed by atoms with Crippen LogP contribution in [0.2, 0.25) is 0 Å². The van der Waals surface area contributed by atoms with Gasteiger partial charge in [0.15, 0.2) is 0 Å². The zero-order valence-electron chi connectivity index (χ0n) is 9.81. The summed E-state index contributed by atoms with van der Waals surface area (Å²) in [6.45, 7) is 2.46. The second kappa shape index (κ2) is 6.88. The third-order valence-corrected chi connectivity index (χ3v) is 2.17. The van der Waals surface area contributed by atoms with Gasteiger partial charge in [-0.15, -0.1) is 0 Å². The summed E-state index contributed by atoms with van der Waals surface area (Å²) >= 11 is 0. The monoisotopic (exact) mass is 239 g/mol. The van der Waals surface area contributed by atoms with E-state index in [1.165, 1.54) is 0 Å². The number of aliphatic hydroxyl groups is 1. The van der Waals surface area contributed by atoms with Gasteiger partial charge in [0.1, 0.15) is 6.61 Å². The molecule has 0 fully saturated rings. The second-order valence-electron chi connectivity index (χ2n) is 3.55. The van der Waals surface area contributed by atoms with Crippen LogP contribution in [0.25, 0.3) is 0 Å². The standard InChI is InChI=1S/C12H17NO4/c1-9-8-10(13)2-3-11(9)12(15)17-7-6-16-5-4-14/h2-3,8,14H,4-7,13H2,1H3. The van der Waals surface area contributed by atoms with Crippen molar-refractivity contribution in [3.8, 4) is 0 Å². The molecule has 0 bridgehead atoms. The van der Waals surface area contributed by atoms with Crippen LogP contribution in [0.1, 0.15) is 15.9 Å². The predicted octanol–water partition coefficient (Wildman–Crippen LogP) is 0.743. The van der Waals surface area contributed by atoms with Crippen LogP contribution in [0.4, 0.5) is 5.69 Å². The lowest BCUT2D eigenvalue weighted by molar-refractivity contribution is 0.0258. The summed E-state index contributed by atoms with van der Waals surface area (Å²) in [7, 11) is 0. The van der Waals surface area contributed by atoms with Gasteiger partial charge in [-0.3, -0.25) is 0 Å². The van der Waals surface area contributed by atoms with E-state index >= 15 is 0 Å². The molecular formula is C12H17NO4. The number of nitrogens with two attached hydrogens (primary N) is 1. The number of aliphatic hydroxyl groups excluding tert-OH is 1. The zero-order valence-corrected chi connectivity index (χ0v) is 9.81. The Morgan fingerprint density at radius 1 is 1.35 bits per heavy atom. The molecule has 0 unspecified atom stereocenters. The van der Waals surface area contributed by atoms with Crippen molar-refractivity contribution in [2.24, 2.45) is 0 Å². The van der Waals surface area contributed by atoms with Crippen LogP contribution >= 0.6 is 0 Å². The first-order valence-corrected chi connectivity index (χ1v) is 5.37. The molecule has 0 spiro atoms. The Bertz CT molecular complexity index is 379. The van der Waals surface area contributed by atoms with Crippen molar-refractivity contribution in [1.82, 2.24) is 0 Å². The van der Waals surface area contributed by atoms with Gasteiger partial charge >= 0.3 is 5.97 Å². The van der Waals surface area contributed by atoms with Crippen LogP contribution in [0.5, 0.6) is 0 Å². The van der Waals surface area contributed by atoms with E-state index in [0.717, 1.165) is 5.56 Å². The molecule has 0 saturated carbocycles. The Kier molecular flexibility index (Phi) is 5.45. The maximum absolute atomic E-state index is 11.6. The van der Waals surface area contributed by atoms with Crippen molar-refractivity contribution in [1.29, 1.82) is 0 Å². The fourth-order valence-electron chi connectivity index (χ4n) is 1.35. The summed E-state index contributed by atoms with van der Waals surface area (Å²) in [6.07, 6.45) is 0. The highest BCUT2D eigenvalue weighted by Gasteiger charge is 2.09. The summed E-state index contributed by atoms with van der Waals surface area (Å²) in [5.41, 5.74) is 7.49. The van der Waals surface area contributed by atoms with Crippen molar-refractivity contribution in [3.63, 3.8) is 0 Å². The highest BCUT2D eigenvalue weighted by molar-refractivity contribution is 5.91. The van der Waals surface area contributed by atoms with Gasteiger partial charge in [-0.2, -0.15) is 0 Å². The van der Waals surface area contributed by atoms with E-state index in [1.54, 1.807) is 25.1 Å². The molecule has 5 heteroatoms. The Morgan fingerprint density at radius 3 is 2.76 bits per heavy atom. The highest BCUT2D eigenvalue weighted by atomic mass is 16.6. The number of carbonyl (C=O) groups is 1. The van der Waals surface area contributed by atoms with Crippen LogP contribution in [0, 0.1) is 6.92 Å². The molecular weight excluding hydrogens is 222 g/mol. The minimum Gasteiger partial charge on any atom is -0.460 e. The maximum Gasteiger partial charge on any atom is 0.338 e. The summed E-state index contributed by atoms with van der Waals surface area (Å²) in [5.74, 6) is -0.393. The van der Waals surface area contributed by atoms with E-state index in [9.17, 15) is 4.79 Å². The minimum absolute atomic E-state index is 0.0367. The summed E-state index contributed by atoms with van der Waals surface area (Å²) in [5, 5.41) is 8.47. The van der Waals surface area contributed by atoms with E-state index < -0.39 is 5.97 Å². The second-order valence-corrected chi connectivity index (χ2v) is 3.55. The third-order valence-electron chi connectivity index (χ3n) is 2.17. The van der Waals surface area contributed by atoms with Crippen molar-refractivity contribution in [2.45, 2.75) is 6.92 Å². The predicted molar refractivity (Wildman–Crippen MR) is 63.8 cm³/mol. The normalized spacial score (nSPS) is 10.2. The summed E-state index contributed by atoms with van der Waals surface area (Å²) < 4.78 is 9.98. The van der Waals surface area contributed by atoms with Crippen LogP contribution in [-0.2, 0) is 9.47 Å². The van der Waals surface area contributed by atoms with Crippen LogP contribution in [-0.4, -0.2) is 37.5 Å². The van der Waals surface area contributed by atoms with Gasteiger partial charge in [-0.05, 0) is 30.7 Å². The Morgan fingerprint density at radius 2 is 2.12 bits per heavy atom. The molecule has 17 heavy (non-hydrogen) atoms. The molecule has 0 aromatic heterocycles. The molecule has 0 saturated heterocycles. The molecule has 5 nitrogen and oxygen atoms in total. The first-order valence-electron chi connectivity index (χ1n) is 5.37. The maximum atomic E-state index is 11.6. The molecule has 0 radical (unpaired) electrons. The molecule has 1 aromatic carbocycles. The van der Waals surface area contributed by atoms with E-state index in [1.807, 2.05) is 0 Å². The summed E-state index contributed by atoms with van der Waals surface area (Å²) in [6, 6.07) is 5.02. The number of benzene rings is 1. The number of carbonyl (C=O) groups excluding carboxylic acids is 1. The van der Waals surface area contributed by atoms with E-state index in [4.69, 9.17) is 20.3 Å². The minimum atomic E-state index is -0.393. The largest absolute Gasteiger partial charge is 0.460 e. The van der Waals surface area contributed by atoms with Gasteiger partial charge < -0.3 is 20.3 Å². The molecule has 3 N–H and O–H groups in total. The molecule has 94 valence electrons. The smallest absolute Gasteiger partial charge is 0.338 e. The quantitative estimate of drug-likeness (QED) is 0.435. The van der Waals surface area contributed by atoms with Crippen molar-refractivity contribution in [2.75, 3.05) is 32.2 Å². The lowest BCUT2D eigenvalue weighted by Crippen LogP contribution is -2.13. The first kappa shape index (κ1) is 13.5. The lowest BCUT2D eigenvalue weighted by atomic mass is 10.1. The van der Waals surface area contributed by atoms with E-state index in [-0.39, 0.29) is 26.4 Å². The molecule has 0 aliphatic rings. The molecule has 0 amide bonds. The third kappa shape index (κ3) is 4.42. The fraction of sp³-hybridized carbons (Fsp3) is 0.417. The van der Waals surface area contributed by atoms with Gasteiger partial charge in [0.25, 0.3) is 0 Å². The van der Waals surface area contributed by atoms with Crippen LogP contribution in [0.3, 0.4) is 0 Å². The fourth-order valence-corrected chi connectivity index (χ4v) is 1.35. The molecule has 1 rings (SSSR count). The Balaban J connectivity index is 2.42. The van der Waals surface area contributed by atoms with E-state index in [0.29, 0.717) is 11.3 Å². The average Bonchev–Trinajstić information content (AvgIpc) is 2.28. The van der Waals surface area contributed by atoms with Gasteiger partial charge in [0, 0.05) is 5.69 Å². The van der Waals surface area contributed by atoms with Crippen LogP contribution in [0.15, 0.2) is 18.2 Å². The number of nitrogen functional groups attached to an aromatic ring is 1. The number of hydrogen-bond donors (Lipinski definition) is 2. The Labute approximate surface area is 100 Å². The number of ether oxygens (including phenoxy) is 2. The number of esters is 1.